The van der Waals surface area contributed by atoms with Gasteiger partial charge in [-0.05, 0) is 63.1 Å². The lowest BCUT2D eigenvalue weighted by atomic mass is 9.89. The molecule has 1 aliphatic carbocycles. The van der Waals surface area contributed by atoms with Crippen LogP contribution < -0.4 is 10.1 Å². The first-order chi connectivity index (χ1) is 11.2. The summed E-state index contributed by atoms with van der Waals surface area (Å²) in [4.78, 5) is 0. The number of benzene rings is 1. The van der Waals surface area contributed by atoms with E-state index in [-0.39, 0.29) is 12.1 Å². The van der Waals surface area contributed by atoms with Crippen LogP contribution in [0, 0.1) is 12.8 Å². The monoisotopic (exact) mass is 319 g/mol. The highest BCUT2D eigenvalue weighted by molar-refractivity contribution is 5.32. The van der Waals surface area contributed by atoms with Crippen LogP contribution in [-0.4, -0.2) is 43.1 Å². The molecule has 0 spiro atoms. The van der Waals surface area contributed by atoms with E-state index in [0.717, 1.165) is 63.2 Å². The van der Waals surface area contributed by atoms with E-state index in [4.69, 9.17) is 9.47 Å². The van der Waals surface area contributed by atoms with Crippen molar-refractivity contribution in [1.82, 2.24) is 5.32 Å². The van der Waals surface area contributed by atoms with Crippen LogP contribution in [0.3, 0.4) is 0 Å². The standard InChI is InChI=1S/C19H29NO3/c1-14-5-2-3-7-17(14)23-18-8-4-6-16(19(18)21)20-13-15-9-11-22-12-10-15/h2-3,5,7,15-16,18-21H,4,6,8-13H2,1H3/t16-,18+,19+/m0/s1. The van der Waals surface area contributed by atoms with Gasteiger partial charge >= 0.3 is 0 Å². The van der Waals surface area contributed by atoms with Gasteiger partial charge < -0.3 is 19.9 Å². The molecule has 0 unspecified atom stereocenters. The summed E-state index contributed by atoms with van der Waals surface area (Å²) in [7, 11) is 0. The summed E-state index contributed by atoms with van der Waals surface area (Å²) in [5.41, 5.74) is 1.12. The van der Waals surface area contributed by atoms with Crippen molar-refractivity contribution in [3.8, 4) is 5.75 Å². The Morgan fingerprint density at radius 3 is 2.74 bits per heavy atom. The van der Waals surface area contributed by atoms with Crippen LogP contribution in [0.5, 0.6) is 5.75 Å². The van der Waals surface area contributed by atoms with Crippen LogP contribution in [0.4, 0.5) is 0 Å². The van der Waals surface area contributed by atoms with Crippen LogP contribution >= 0.6 is 0 Å². The quantitative estimate of drug-likeness (QED) is 0.876. The molecule has 1 saturated heterocycles. The van der Waals surface area contributed by atoms with Gasteiger partial charge in [0.2, 0.25) is 0 Å². The van der Waals surface area contributed by atoms with Crippen LogP contribution in [0.15, 0.2) is 24.3 Å². The fourth-order valence-electron chi connectivity index (χ4n) is 3.61. The third-order valence-corrected chi connectivity index (χ3v) is 5.18. The van der Waals surface area contributed by atoms with E-state index in [1.807, 2.05) is 31.2 Å². The number of aryl methyl sites for hydroxylation is 1. The second kappa shape index (κ2) is 8.13. The SMILES string of the molecule is Cc1ccccc1O[C@@H]1CCC[C@H](NCC2CCOCC2)[C@H]1O. The lowest BCUT2D eigenvalue weighted by Gasteiger charge is -2.36. The molecule has 0 amide bonds. The summed E-state index contributed by atoms with van der Waals surface area (Å²) < 4.78 is 11.5. The molecule has 2 N–H and O–H groups in total. The summed E-state index contributed by atoms with van der Waals surface area (Å²) in [6, 6.07) is 8.17. The Morgan fingerprint density at radius 2 is 1.96 bits per heavy atom. The number of hydrogen-bond donors (Lipinski definition) is 2. The molecule has 4 heteroatoms. The smallest absolute Gasteiger partial charge is 0.126 e. The predicted molar refractivity (Wildman–Crippen MR) is 90.8 cm³/mol. The molecule has 3 atom stereocenters. The highest BCUT2D eigenvalue weighted by Crippen LogP contribution is 2.26. The Hall–Kier alpha value is -1.10. The van der Waals surface area contributed by atoms with E-state index in [0.29, 0.717) is 5.92 Å². The van der Waals surface area contributed by atoms with Crippen molar-refractivity contribution in [3.63, 3.8) is 0 Å². The number of ether oxygens (including phenoxy) is 2. The highest BCUT2D eigenvalue weighted by Gasteiger charge is 2.33. The van der Waals surface area contributed by atoms with Crippen LogP contribution in [0.1, 0.15) is 37.7 Å². The normalized spacial score (nSPS) is 29.4. The second-order valence-electron chi connectivity index (χ2n) is 6.91. The fraction of sp³-hybridized carbons (Fsp3) is 0.684. The summed E-state index contributed by atoms with van der Waals surface area (Å²) in [5.74, 6) is 1.57. The van der Waals surface area contributed by atoms with Gasteiger partial charge in [0.1, 0.15) is 18.0 Å². The number of aliphatic hydroxyl groups is 1. The number of nitrogens with one attached hydrogen (secondary N) is 1. The maximum absolute atomic E-state index is 10.7. The van der Waals surface area contributed by atoms with Gasteiger partial charge in [0.15, 0.2) is 0 Å². The van der Waals surface area contributed by atoms with E-state index in [9.17, 15) is 5.11 Å². The van der Waals surface area contributed by atoms with Crippen LogP contribution in [0.2, 0.25) is 0 Å². The summed E-state index contributed by atoms with van der Waals surface area (Å²) in [6.07, 6.45) is 4.74. The summed E-state index contributed by atoms with van der Waals surface area (Å²) >= 11 is 0. The molecule has 1 aromatic carbocycles. The third-order valence-electron chi connectivity index (χ3n) is 5.18. The largest absolute Gasteiger partial charge is 0.487 e. The van der Waals surface area contributed by atoms with Crippen molar-refractivity contribution in [3.05, 3.63) is 29.8 Å². The molecule has 3 rings (SSSR count). The zero-order valence-corrected chi connectivity index (χ0v) is 14.0. The molecule has 1 heterocycles. The van der Waals surface area contributed by atoms with Gasteiger partial charge in [-0.25, -0.2) is 0 Å². The predicted octanol–water partition coefficient (Wildman–Crippen LogP) is 2.67. The van der Waals surface area contributed by atoms with E-state index in [1.165, 1.54) is 0 Å². The molecular weight excluding hydrogens is 290 g/mol. The van der Waals surface area contributed by atoms with Crippen molar-refractivity contribution in [1.29, 1.82) is 0 Å². The van der Waals surface area contributed by atoms with Crippen LogP contribution in [0.25, 0.3) is 0 Å². The minimum Gasteiger partial charge on any atom is -0.487 e. The molecule has 0 aromatic heterocycles. The van der Waals surface area contributed by atoms with Gasteiger partial charge in [-0.3, -0.25) is 0 Å². The minimum absolute atomic E-state index is 0.114. The van der Waals surface area contributed by atoms with Gasteiger partial charge in [-0.2, -0.15) is 0 Å². The summed E-state index contributed by atoms with van der Waals surface area (Å²) in [5, 5.41) is 14.3. The van der Waals surface area contributed by atoms with Crippen molar-refractivity contribution in [2.24, 2.45) is 5.92 Å². The Morgan fingerprint density at radius 1 is 1.17 bits per heavy atom. The number of hydrogen-bond acceptors (Lipinski definition) is 4. The maximum atomic E-state index is 10.7. The Balaban J connectivity index is 1.53. The highest BCUT2D eigenvalue weighted by atomic mass is 16.5. The number of aliphatic hydroxyl groups excluding tert-OH is 1. The zero-order valence-electron chi connectivity index (χ0n) is 14.0. The summed E-state index contributed by atoms with van der Waals surface area (Å²) in [6.45, 7) is 4.77. The van der Waals surface area contributed by atoms with Gasteiger partial charge in [0.05, 0.1) is 0 Å². The first kappa shape index (κ1) is 16.7. The molecule has 1 aromatic rings. The lowest BCUT2D eigenvalue weighted by Crippen LogP contribution is -2.52. The second-order valence-corrected chi connectivity index (χ2v) is 6.91. The first-order valence-corrected chi connectivity index (χ1v) is 8.95. The van der Waals surface area contributed by atoms with Crippen LogP contribution in [-0.2, 0) is 4.74 Å². The molecule has 4 nitrogen and oxygen atoms in total. The maximum Gasteiger partial charge on any atom is 0.126 e. The Kier molecular flexibility index (Phi) is 5.92. The fourth-order valence-corrected chi connectivity index (χ4v) is 3.61. The lowest BCUT2D eigenvalue weighted by molar-refractivity contribution is -0.0181. The van der Waals surface area contributed by atoms with Gasteiger partial charge in [0, 0.05) is 19.3 Å². The van der Waals surface area contributed by atoms with Crippen molar-refractivity contribution >= 4 is 0 Å². The molecule has 0 radical (unpaired) electrons. The molecule has 1 saturated carbocycles. The average Bonchev–Trinajstić information content (AvgIpc) is 2.58. The van der Waals surface area contributed by atoms with E-state index >= 15 is 0 Å². The van der Waals surface area contributed by atoms with Crippen molar-refractivity contribution in [2.75, 3.05) is 19.8 Å². The Labute approximate surface area is 139 Å². The van der Waals surface area contributed by atoms with Crippen molar-refractivity contribution in [2.45, 2.75) is 57.3 Å². The molecule has 128 valence electrons. The number of rotatable bonds is 5. The molecule has 0 bridgehead atoms. The van der Waals surface area contributed by atoms with Crippen molar-refractivity contribution < 1.29 is 14.6 Å². The van der Waals surface area contributed by atoms with E-state index in [1.54, 1.807) is 0 Å². The molecular formula is C19H29NO3. The topological polar surface area (TPSA) is 50.7 Å². The van der Waals surface area contributed by atoms with E-state index in [2.05, 4.69) is 5.32 Å². The van der Waals surface area contributed by atoms with Gasteiger partial charge in [-0.15, -0.1) is 0 Å². The third kappa shape index (κ3) is 4.46. The van der Waals surface area contributed by atoms with Gasteiger partial charge in [-0.1, -0.05) is 18.2 Å². The molecule has 1 aliphatic heterocycles. The molecule has 23 heavy (non-hydrogen) atoms. The van der Waals surface area contributed by atoms with Gasteiger partial charge in [0.25, 0.3) is 0 Å². The zero-order chi connectivity index (χ0) is 16.1. The number of para-hydroxylation sites is 1. The average molecular weight is 319 g/mol. The molecule has 2 fully saturated rings. The Bertz CT molecular complexity index is 487. The van der Waals surface area contributed by atoms with E-state index < -0.39 is 6.10 Å². The minimum atomic E-state index is -0.441. The first-order valence-electron chi connectivity index (χ1n) is 8.95. The molecule has 2 aliphatic rings.